The Balaban J connectivity index is 1.65. The third kappa shape index (κ3) is 4.18. The summed E-state index contributed by atoms with van der Waals surface area (Å²) in [4.78, 5) is 34.8. The van der Waals surface area contributed by atoms with E-state index in [-0.39, 0.29) is 5.91 Å². The van der Waals surface area contributed by atoms with Crippen molar-refractivity contribution in [3.63, 3.8) is 0 Å². The first-order chi connectivity index (χ1) is 12.1. The fourth-order valence-electron chi connectivity index (χ4n) is 2.43. The quantitative estimate of drug-likeness (QED) is 0.825. The van der Waals surface area contributed by atoms with Crippen LogP contribution in [0.15, 0.2) is 30.6 Å². The van der Waals surface area contributed by atoms with Crippen LogP contribution in [0.25, 0.3) is 0 Å². The zero-order valence-corrected chi connectivity index (χ0v) is 14.7. The highest BCUT2D eigenvalue weighted by Crippen LogP contribution is 2.27. The Kier molecular flexibility index (Phi) is 5.35. The van der Waals surface area contributed by atoms with Crippen LogP contribution in [0.3, 0.4) is 0 Å². The van der Waals surface area contributed by atoms with Crippen LogP contribution in [0.2, 0.25) is 10.0 Å². The fourth-order valence-corrected chi connectivity index (χ4v) is 2.88. The van der Waals surface area contributed by atoms with Gasteiger partial charge in [0, 0.05) is 43.6 Å². The largest absolute Gasteiger partial charge is 0.342 e. The molecule has 2 amide bonds. The number of benzene rings is 1. The van der Waals surface area contributed by atoms with Crippen molar-refractivity contribution >= 4 is 47.2 Å². The molecule has 1 aromatic carbocycles. The summed E-state index contributed by atoms with van der Waals surface area (Å²) in [7, 11) is 0. The highest BCUT2D eigenvalue weighted by Gasteiger charge is 2.21. The molecule has 1 fully saturated rings. The van der Waals surface area contributed by atoms with Gasteiger partial charge in [-0.1, -0.05) is 23.2 Å². The summed E-state index contributed by atoms with van der Waals surface area (Å²) < 4.78 is 0. The highest BCUT2D eigenvalue weighted by atomic mass is 35.5. The molecule has 0 radical (unpaired) electrons. The Hall–Kier alpha value is -2.38. The molecule has 2 aromatic rings. The number of hydrogen-bond donors (Lipinski definition) is 1. The first-order valence-corrected chi connectivity index (χ1v) is 8.35. The lowest BCUT2D eigenvalue weighted by molar-refractivity contribution is -0.119. The number of halogens is 2. The third-order valence-electron chi connectivity index (χ3n) is 3.83. The zero-order valence-electron chi connectivity index (χ0n) is 13.2. The molecule has 1 aromatic heterocycles. The van der Waals surface area contributed by atoms with Gasteiger partial charge in [0.2, 0.25) is 12.4 Å². The van der Waals surface area contributed by atoms with E-state index in [1.54, 1.807) is 28.0 Å². The molecule has 1 aliphatic rings. The SMILES string of the molecule is O=CN1CCN(C(=O)c2cnc(Nc3ccc(Cl)cc3Cl)nc2)CC1. The van der Waals surface area contributed by atoms with Crippen molar-refractivity contribution in [1.29, 1.82) is 0 Å². The first-order valence-electron chi connectivity index (χ1n) is 7.59. The number of nitrogens with zero attached hydrogens (tertiary/aromatic N) is 4. The summed E-state index contributed by atoms with van der Waals surface area (Å²) in [6, 6.07) is 5.04. The second-order valence-corrected chi connectivity index (χ2v) is 6.32. The third-order valence-corrected chi connectivity index (χ3v) is 4.37. The van der Waals surface area contributed by atoms with Gasteiger partial charge in [0.1, 0.15) is 0 Å². The van der Waals surface area contributed by atoms with Gasteiger partial charge in [0.15, 0.2) is 0 Å². The van der Waals surface area contributed by atoms with Gasteiger partial charge in [-0.05, 0) is 18.2 Å². The standard InChI is InChI=1S/C16H15Cl2N5O2/c17-12-1-2-14(13(18)7-12)21-16-19-8-11(9-20-16)15(25)23-5-3-22(10-24)4-6-23/h1-2,7-10H,3-6H2,(H,19,20,21). The topological polar surface area (TPSA) is 78.4 Å². The van der Waals surface area contributed by atoms with Crippen LogP contribution in [0.4, 0.5) is 11.6 Å². The number of anilines is 2. The fraction of sp³-hybridized carbons (Fsp3) is 0.250. The molecule has 1 saturated heterocycles. The minimum absolute atomic E-state index is 0.151. The second kappa shape index (κ2) is 7.67. The van der Waals surface area contributed by atoms with Gasteiger partial charge in [0.05, 0.1) is 16.3 Å². The molecule has 25 heavy (non-hydrogen) atoms. The lowest BCUT2D eigenvalue weighted by Crippen LogP contribution is -2.48. The van der Waals surface area contributed by atoms with Crippen molar-refractivity contribution in [2.45, 2.75) is 0 Å². The summed E-state index contributed by atoms with van der Waals surface area (Å²) in [5.74, 6) is 0.174. The Morgan fingerprint density at radius 3 is 2.40 bits per heavy atom. The molecule has 0 saturated carbocycles. The molecule has 9 heteroatoms. The van der Waals surface area contributed by atoms with E-state index in [9.17, 15) is 9.59 Å². The van der Waals surface area contributed by atoms with Crippen molar-refractivity contribution in [1.82, 2.24) is 19.8 Å². The van der Waals surface area contributed by atoms with E-state index in [1.165, 1.54) is 12.4 Å². The number of nitrogens with one attached hydrogen (secondary N) is 1. The summed E-state index contributed by atoms with van der Waals surface area (Å²) in [6.07, 6.45) is 3.73. The Labute approximate surface area is 154 Å². The predicted octanol–water partition coefficient (Wildman–Crippen LogP) is 2.44. The maximum Gasteiger partial charge on any atom is 0.257 e. The van der Waals surface area contributed by atoms with E-state index >= 15 is 0 Å². The zero-order chi connectivity index (χ0) is 17.8. The Bertz CT molecular complexity index is 777. The van der Waals surface area contributed by atoms with Crippen molar-refractivity contribution in [3.8, 4) is 0 Å². The Morgan fingerprint density at radius 1 is 1.12 bits per heavy atom. The van der Waals surface area contributed by atoms with E-state index in [1.807, 2.05) is 0 Å². The van der Waals surface area contributed by atoms with Gasteiger partial charge in [-0.15, -0.1) is 0 Å². The first kappa shape index (κ1) is 17.4. The van der Waals surface area contributed by atoms with Crippen LogP contribution in [0.5, 0.6) is 0 Å². The molecule has 1 aliphatic heterocycles. The van der Waals surface area contributed by atoms with Gasteiger partial charge in [0.25, 0.3) is 5.91 Å². The lowest BCUT2D eigenvalue weighted by atomic mass is 10.2. The van der Waals surface area contributed by atoms with Gasteiger partial charge in [-0.2, -0.15) is 0 Å². The molecule has 0 unspecified atom stereocenters. The molecular weight excluding hydrogens is 365 g/mol. The van der Waals surface area contributed by atoms with E-state index in [4.69, 9.17) is 23.2 Å². The molecule has 2 heterocycles. The Morgan fingerprint density at radius 2 is 1.80 bits per heavy atom. The molecule has 0 spiro atoms. The van der Waals surface area contributed by atoms with Crippen LogP contribution in [-0.2, 0) is 4.79 Å². The summed E-state index contributed by atoms with van der Waals surface area (Å²) in [5, 5.41) is 3.96. The molecule has 1 N–H and O–H groups in total. The van der Waals surface area contributed by atoms with Crippen LogP contribution >= 0.6 is 23.2 Å². The monoisotopic (exact) mass is 379 g/mol. The molecule has 0 bridgehead atoms. The number of amides is 2. The van der Waals surface area contributed by atoms with Crippen molar-refractivity contribution in [3.05, 3.63) is 46.2 Å². The van der Waals surface area contributed by atoms with Crippen LogP contribution in [0, 0.1) is 0 Å². The second-order valence-electron chi connectivity index (χ2n) is 5.48. The average Bonchev–Trinajstić information content (AvgIpc) is 2.64. The van der Waals surface area contributed by atoms with Crippen LogP contribution in [-0.4, -0.2) is 58.3 Å². The van der Waals surface area contributed by atoms with Gasteiger partial charge in [-0.25, -0.2) is 9.97 Å². The number of carbonyl (C=O) groups excluding carboxylic acids is 2. The number of aromatic nitrogens is 2. The van der Waals surface area contributed by atoms with Crippen molar-refractivity contribution in [2.75, 3.05) is 31.5 Å². The smallest absolute Gasteiger partial charge is 0.257 e. The summed E-state index contributed by atoms with van der Waals surface area (Å²) in [5.41, 5.74) is 1.02. The van der Waals surface area contributed by atoms with Gasteiger partial charge in [-0.3, -0.25) is 9.59 Å². The minimum Gasteiger partial charge on any atom is -0.342 e. The highest BCUT2D eigenvalue weighted by molar-refractivity contribution is 6.36. The number of piperazine rings is 1. The average molecular weight is 380 g/mol. The molecule has 0 aliphatic carbocycles. The molecule has 3 rings (SSSR count). The molecule has 7 nitrogen and oxygen atoms in total. The van der Waals surface area contributed by atoms with Crippen molar-refractivity contribution < 1.29 is 9.59 Å². The number of hydrogen-bond acceptors (Lipinski definition) is 5. The van der Waals surface area contributed by atoms with Gasteiger partial charge >= 0.3 is 0 Å². The normalized spacial score (nSPS) is 14.3. The maximum absolute atomic E-state index is 12.4. The molecule has 130 valence electrons. The van der Waals surface area contributed by atoms with E-state index in [0.717, 1.165) is 6.41 Å². The van der Waals surface area contributed by atoms with Gasteiger partial charge < -0.3 is 15.1 Å². The van der Waals surface area contributed by atoms with E-state index in [0.29, 0.717) is 53.4 Å². The number of carbonyl (C=O) groups is 2. The molecular formula is C16H15Cl2N5O2. The van der Waals surface area contributed by atoms with E-state index < -0.39 is 0 Å². The number of rotatable bonds is 4. The van der Waals surface area contributed by atoms with Crippen molar-refractivity contribution in [2.24, 2.45) is 0 Å². The van der Waals surface area contributed by atoms with Crippen LogP contribution < -0.4 is 5.32 Å². The van der Waals surface area contributed by atoms with Crippen LogP contribution in [0.1, 0.15) is 10.4 Å². The maximum atomic E-state index is 12.4. The van der Waals surface area contributed by atoms with E-state index in [2.05, 4.69) is 15.3 Å². The molecule has 0 atom stereocenters. The summed E-state index contributed by atoms with van der Waals surface area (Å²) >= 11 is 12.0. The summed E-state index contributed by atoms with van der Waals surface area (Å²) in [6.45, 7) is 2.06. The lowest BCUT2D eigenvalue weighted by Gasteiger charge is -2.32. The predicted molar refractivity (Wildman–Crippen MR) is 95.3 cm³/mol. The minimum atomic E-state index is -0.151.